The standard InChI is InChI=1S/C23H20N4O2S2/c1-16-7-3-9-18(24-16)20-11-5-13-22(26-20)30(28)15-31(29)23-14-6-12-21(27-23)19-10-4-8-17(2)25-19/h3-14H,15H2,1-2H3. The Labute approximate surface area is 185 Å². The van der Waals surface area contributed by atoms with Gasteiger partial charge in [0, 0.05) is 11.4 Å². The lowest BCUT2D eigenvalue weighted by molar-refractivity contribution is 0.676. The summed E-state index contributed by atoms with van der Waals surface area (Å²) < 4.78 is 25.7. The third-order valence-electron chi connectivity index (χ3n) is 4.43. The lowest BCUT2D eigenvalue weighted by Gasteiger charge is -2.07. The van der Waals surface area contributed by atoms with Gasteiger partial charge in [-0.25, -0.2) is 9.97 Å². The molecule has 0 fully saturated rings. The van der Waals surface area contributed by atoms with Crippen molar-refractivity contribution in [3.05, 3.63) is 84.2 Å². The van der Waals surface area contributed by atoms with Gasteiger partial charge in [0.2, 0.25) is 0 Å². The van der Waals surface area contributed by atoms with E-state index in [0.717, 1.165) is 11.4 Å². The second-order valence-electron chi connectivity index (χ2n) is 6.86. The predicted molar refractivity (Wildman–Crippen MR) is 122 cm³/mol. The lowest BCUT2D eigenvalue weighted by atomic mass is 10.2. The largest absolute Gasteiger partial charge is 0.252 e. The molecule has 4 aromatic rings. The number of pyridine rings is 4. The number of rotatable bonds is 6. The first kappa shape index (κ1) is 21.1. The number of hydrogen-bond acceptors (Lipinski definition) is 6. The van der Waals surface area contributed by atoms with Crippen LogP contribution in [0.1, 0.15) is 11.4 Å². The van der Waals surface area contributed by atoms with Gasteiger partial charge in [0.1, 0.15) is 15.1 Å². The smallest absolute Gasteiger partial charge is 0.129 e. The van der Waals surface area contributed by atoms with E-state index in [1.165, 1.54) is 0 Å². The molecular weight excluding hydrogens is 428 g/mol. The minimum absolute atomic E-state index is 0.0879. The van der Waals surface area contributed by atoms with Crippen LogP contribution in [0, 0.1) is 13.8 Å². The Kier molecular flexibility index (Phi) is 6.39. The first-order valence-corrected chi connectivity index (χ1v) is 12.2. The molecule has 0 aliphatic rings. The molecule has 0 amide bonds. The molecule has 0 saturated carbocycles. The zero-order valence-electron chi connectivity index (χ0n) is 17.1. The summed E-state index contributed by atoms with van der Waals surface area (Å²) in [6.07, 6.45) is 0. The second-order valence-corrected chi connectivity index (χ2v) is 10.0. The molecule has 2 unspecified atom stereocenters. The Balaban J connectivity index is 1.54. The molecule has 0 aliphatic heterocycles. The van der Waals surface area contributed by atoms with Crippen molar-refractivity contribution in [2.75, 3.05) is 5.08 Å². The van der Waals surface area contributed by atoms with Gasteiger partial charge in [-0.1, -0.05) is 24.3 Å². The molecule has 0 saturated heterocycles. The third-order valence-corrected chi connectivity index (χ3v) is 7.53. The normalized spacial score (nSPS) is 13.0. The first-order valence-electron chi connectivity index (χ1n) is 9.58. The summed E-state index contributed by atoms with van der Waals surface area (Å²) in [5, 5.41) is 0.645. The van der Waals surface area contributed by atoms with Crippen LogP contribution in [0.4, 0.5) is 0 Å². The van der Waals surface area contributed by atoms with Crippen molar-refractivity contribution < 1.29 is 8.42 Å². The van der Waals surface area contributed by atoms with Gasteiger partial charge in [-0.05, 0) is 62.4 Å². The van der Waals surface area contributed by atoms with Crippen molar-refractivity contribution in [2.24, 2.45) is 0 Å². The topological polar surface area (TPSA) is 85.7 Å². The van der Waals surface area contributed by atoms with E-state index in [4.69, 9.17) is 0 Å². The Morgan fingerprint density at radius 1 is 0.548 bits per heavy atom. The Hall–Kier alpha value is -3.10. The molecule has 0 spiro atoms. The van der Waals surface area contributed by atoms with Crippen LogP contribution in [0.15, 0.2) is 82.8 Å². The molecule has 0 aliphatic carbocycles. The van der Waals surface area contributed by atoms with Crippen molar-refractivity contribution in [2.45, 2.75) is 23.9 Å². The van der Waals surface area contributed by atoms with Crippen LogP contribution in [-0.4, -0.2) is 33.4 Å². The van der Waals surface area contributed by atoms with Crippen LogP contribution < -0.4 is 0 Å². The zero-order valence-corrected chi connectivity index (χ0v) is 18.7. The van der Waals surface area contributed by atoms with Crippen molar-refractivity contribution >= 4 is 21.6 Å². The molecule has 0 radical (unpaired) electrons. The lowest BCUT2D eigenvalue weighted by Crippen LogP contribution is -2.09. The fourth-order valence-corrected chi connectivity index (χ4v) is 5.56. The average Bonchev–Trinajstić information content (AvgIpc) is 2.79. The Bertz CT molecular complexity index is 1190. The van der Waals surface area contributed by atoms with Gasteiger partial charge in [0.05, 0.1) is 44.4 Å². The highest BCUT2D eigenvalue weighted by Gasteiger charge is 2.15. The summed E-state index contributed by atoms with van der Waals surface area (Å²) in [4.78, 5) is 17.9. The van der Waals surface area contributed by atoms with E-state index in [2.05, 4.69) is 19.9 Å². The summed E-state index contributed by atoms with van der Waals surface area (Å²) in [7, 11) is -3.11. The van der Waals surface area contributed by atoms with Crippen molar-refractivity contribution in [3.8, 4) is 22.8 Å². The van der Waals surface area contributed by atoms with Gasteiger partial charge < -0.3 is 0 Å². The van der Waals surface area contributed by atoms with E-state index < -0.39 is 21.6 Å². The second kappa shape index (κ2) is 9.36. The van der Waals surface area contributed by atoms with Gasteiger partial charge in [-0.15, -0.1) is 0 Å². The maximum absolute atomic E-state index is 12.9. The van der Waals surface area contributed by atoms with Gasteiger partial charge in [0.25, 0.3) is 0 Å². The number of aryl methyl sites for hydroxylation is 2. The Morgan fingerprint density at radius 3 is 1.29 bits per heavy atom. The van der Waals surface area contributed by atoms with E-state index in [1.54, 1.807) is 24.3 Å². The summed E-state index contributed by atoms with van der Waals surface area (Å²) >= 11 is 0. The molecule has 156 valence electrons. The fourth-order valence-electron chi connectivity index (χ4n) is 2.96. The summed E-state index contributed by atoms with van der Waals surface area (Å²) in [5.74, 6) is 0. The van der Waals surface area contributed by atoms with Gasteiger partial charge in [-0.3, -0.25) is 18.4 Å². The number of hydrogen-bond donors (Lipinski definition) is 0. The fraction of sp³-hybridized carbons (Fsp3) is 0.130. The molecular formula is C23H20N4O2S2. The molecule has 0 aromatic carbocycles. The highest BCUT2D eigenvalue weighted by molar-refractivity contribution is 8.01. The van der Waals surface area contributed by atoms with Crippen LogP contribution in [-0.2, 0) is 21.6 Å². The third kappa shape index (κ3) is 5.15. The maximum Gasteiger partial charge on any atom is 0.129 e. The summed E-state index contributed by atoms with van der Waals surface area (Å²) in [6, 6.07) is 21.9. The van der Waals surface area contributed by atoms with Crippen LogP contribution in [0.5, 0.6) is 0 Å². The highest BCUT2D eigenvalue weighted by Crippen LogP contribution is 2.19. The van der Waals surface area contributed by atoms with Crippen LogP contribution >= 0.6 is 0 Å². The van der Waals surface area contributed by atoms with Crippen LogP contribution in [0.25, 0.3) is 22.8 Å². The van der Waals surface area contributed by atoms with E-state index in [1.807, 2.05) is 62.4 Å². The van der Waals surface area contributed by atoms with E-state index in [9.17, 15) is 8.42 Å². The summed E-state index contributed by atoms with van der Waals surface area (Å²) in [6.45, 7) is 3.81. The van der Waals surface area contributed by atoms with E-state index in [0.29, 0.717) is 32.8 Å². The van der Waals surface area contributed by atoms with Crippen molar-refractivity contribution in [3.63, 3.8) is 0 Å². The monoisotopic (exact) mass is 448 g/mol. The van der Waals surface area contributed by atoms with Crippen molar-refractivity contribution in [1.29, 1.82) is 0 Å². The SMILES string of the molecule is Cc1cccc(-c2cccc(S(=O)CS(=O)c3cccc(-c4cccc(C)n4)n3)n2)n1. The molecule has 2 atom stereocenters. The number of nitrogens with zero attached hydrogens (tertiary/aromatic N) is 4. The van der Waals surface area contributed by atoms with E-state index in [-0.39, 0.29) is 5.08 Å². The predicted octanol–water partition coefficient (Wildman–Crippen LogP) is 4.09. The molecule has 4 aromatic heterocycles. The van der Waals surface area contributed by atoms with Crippen LogP contribution in [0.3, 0.4) is 0 Å². The molecule has 8 heteroatoms. The molecule has 31 heavy (non-hydrogen) atoms. The molecule has 0 bridgehead atoms. The minimum Gasteiger partial charge on any atom is -0.252 e. The van der Waals surface area contributed by atoms with Crippen LogP contribution in [0.2, 0.25) is 0 Å². The summed E-state index contributed by atoms with van der Waals surface area (Å²) in [5.41, 5.74) is 4.43. The zero-order chi connectivity index (χ0) is 21.8. The quantitative estimate of drug-likeness (QED) is 0.442. The number of aromatic nitrogens is 4. The van der Waals surface area contributed by atoms with Gasteiger partial charge in [-0.2, -0.15) is 0 Å². The minimum atomic E-state index is -1.55. The van der Waals surface area contributed by atoms with Crippen molar-refractivity contribution in [1.82, 2.24) is 19.9 Å². The maximum atomic E-state index is 12.9. The first-order chi connectivity index (χ1) is 15.0. The van der Waals surface area contributed by atoms with E-state index >= 15 is 0 Å². The Morgan fingerprint density at radius 2 is 0.903 bits per heavy atom. The molecule has 4 heterocycles. The average molecular weight is 449 g/mol. The van der Waals surface area contributed by atoms with Gasteiger partial charge in [0.15, 0.2) is 0 Å². The molecule has 0 N–H and O–H groups in total. The molecule has 4 rings (SSSR count). The highest BCUT2D eigenvalue weighted by atomic mass is 32.2. The molecule has 6 nitrogen and oxygen atoms in total. The van der Waals surface area contributed by atoms with Gasteiger partial charge >= 0.3 is 0 Å².